The number of fused-ring (bicyclic) bond motifs is 1. The summed E-state index contributed by atoms with van der Waals surface area (Å²) in [7, 11) is 0. The van der Waals surface area contributed by atoms with Crippen LogP contribution in [0.25, 0.3) is 0 Å². The number of hydrogen-bond acceptors (Lipinski definition) is 2. The molecule has 3 aromatic carbocycles. The summed E-state index contributed by atoms with van der Waals surface area (Å²) in [6.45, 7) is -1.91. The van der Waals surface area contributed by atoms with Gasteiger partial charge in [0.25, 0.3) is 5.91 Å². The Morgan fingerprint density at radius 3 is 1.55 bits per heavy atom. The summed E-state index contributed by atoms with van der Waals surface area (Å²) in [6, 6.07) is 30.1. The van der Waals surface area contributed by atoms with Gasteiger partial charge < -0.3 is 4.90 Å². The van der Waals surface area contributed by atoms with Gasteiger partial charge in [0, 0.05) is 6.54 Å². The standard InChI is InChI=1S/C25H22NO2P/c27-23-22-17-10-18-26(22)25(28)24(23)29(19-11-4-1-5-12-19,20-13-6-2-7-14-20)21-15-8-3-9-16-21/h1-9,11-16,22H,10,17-18H2. The minimum Gasteiger partial charge on any atom is -0.328 e. The highest BCUT2D eigenvalue weighted by molar-refractivity contribution is 7.97. The first kappa shape index (κ1) is 18.1. The molecule has 29 heavy (non-hydrogen) atoms. The number of Topliss-reactive ketones (excluding diaryl/α,β-unsaturated/α-hetero) is 1. The third kappa shape index (κ3) is 2.65. The van der Waals surface area contributed by atoms with Crippen molar-refractivity contribution in [1.29, 1.82) is 0 Å². The average molecular weight is 399 g/mol. The maximum absolute atomic E-state index is 13.7. The fourth-order valence-corrected chi connectivity index (χ4v) is 9.20. The van der Waals surface area contributed by atoms with Gasteiger partial charge in [-0.15, -0.1) is 0 Å². The van der Waals surface area contributed by atoms with E-state index < -0.39 is 6.89 Å². The number of amides is 1. The minimum atomic E-state index is -2.59. The van der Waals surface area contributed by atoms with Gasteiger partial charge in [0.05, 0.1) is 11.3 Å². The van der Waals surface area contributed by atoms with Crippen LogP contribution in [0.5, 0.6) is 0 Å². The van der Waals surface area contributed by atoms with E-state index in [0.717, 1.165) is 28.8 Å². The van der Waals surface area contributed by atoms with Crippen LogP contribution in [-0.2, 0) is 9.59 Å². The lowest BCUT2D eigenvalue weighted by Gasteiger charge is -2.30. The van der Waals surface area contributed by atoms with Gasteiger partial charge in [-0.25, -0.2) is 0 Å². The van der Waals surface area contributed by atoms with Crippen molar-refractivity contribution in [1.82, 2.24) is 4.90 Å². The largest absolute Gasteiger partial charge is 0.328 e. The summed E-state index contributed by atoms with van der Waals surface area (Å²) in [5.74, 6) is -0.0419. The van der Waals surface area contributed by atoms with Crippen LogP contribution >= 0.6 is 6.89 Å². The number of ketones is 1. The van der Waals surface area contributed by atoms with Crippen molar-refractivity contribution in [2.75, 3.05) is 6.54 Å². The second-order valence-electron chi connectivity index (χ2n) is 7.55. The Morgan fingerprint density at radius 2 is 1.14 bits per heavy atom. The monoisotopic (exact) mass is 399 g/mol. The molecule has 3 aromatic rings. The van der Waals surface area contributed by atoms with Gasteiger partial charge in [0.1, 0.15) is 0 Å². The molecule has 0 saturated carbocycles. The molecule has 0 N–H and O–H groups in total. The molecule has 2 aliphatic rings. The van der Waals surface area contributed by atoms with E-state index in [0.29, 0.717) is 11.8 Å². The Morgan fingerprint density at radius 1 is 0.690 bits per heavy atom. The third-order valence-electron chi connectivity index (χ3n) is 6.02. The first-order chi connectivity index (χ1) is 14.2. The van der Waals surface area contributed by atoms with E-state index in [2.05, 4.69) is 36.4 Å². The van der Waals surface area contributed by atoms with Gasteiger partial charge in [-0.2, -0.15) is 0 Å². The summed E-state index contributed by atoms with van der Waals surface area (Å²) in [5.41, 5.74) is 0. The summed E-state index contributed by atoms with van der Waals surface area (Å²) in [6.07, 6.45) is 1.68. The summed E-state index contributed by atoms with van der Waals surface area (Å²) in [5, 5.41) is 3.65. The fourth-order valence-electron chi connectivity index (χ4n) is 4.78. The molecule has 1 atom stereocenters. The highest BCUT2D eigenvalue weighted by Gasteiger charge is 2.50. The molecular weight excluding hydrogens is 377 g/mol. The van der Waals surface area contributed by atoms with Gasteiger partial charge >= 0.3 is 0 Å². The lowest BCUT2D eigenvalue weighted by Crippen LogP contribution is -2.36. The van der Waals surface area contributed by atoms with Crippen LogP contribution in [-0.4, -0.2) is 34.5 Å². The SMILES string of the molecule is O=C1C(=P(c2ccccc2)(c2ccccc2)c2ccccc2)C(=O)N2CCCC12. The zero-order valence-electron chi connectivity index (χ0n) is 16.1. The molecule has 4 heteroatoms. The smallest absolute Gasteiger partial charge is 0.259 e. The van der Waals surface area contributed by atoms with Gasteiger partial charge in [-0.1, -0.05) is 91.0 Å². The number of carbonyl (C=O) groups is 2. The van der Waals surface area contributed by atoms with E-state index in [9.17, 15) is 9.59 Å². The Hall–Kier alpha value is -2.90. The van der Waals surface area contributed by atoms with Gasteiger partial charge in [-0.3, -0.25) is 9.59 Å². The van der Waals surface area contributed by atoms with E-state index in [1.807, 2.05) is 54.6 Å². The first-order valence-electron chi connectivity index (χ1n) is 10.0. The van der Waals surface area contributed by atoms with Crippen LogP contribution in [0.1, 0.15) is 12.8 Å². The van der Waals surface area contributed by atoms with Crippen LogP contribution in [0.15, 0.2) is 91.0 Å². The third-order valence-corrected chi connectivity index (χ3v) is 10.3. The Kier molecular flexibility index (Phi) is 4.49. The molecule has 0 bridgehead atoms. The second kappa shape index (κ2) is 7.17. The molecule has 5 rings (SSSR count). The predicted octanol–water partition coefficient (Wildman–Crippen LogP) is 2.73. The van der Waals surface area contributed by atoms with Crippen LogP contribution in [0.2, 0.25) is 0 Å². The molecule has 2 heterocycles. The number of carbonyl (C=O) groups excluding carboxylic acids is 2. The number of nitrogens with zero attached hydrogens (tertiary/aromatic N) is 1. The summed E-state index contributed by atoms with van der Waals surface area (Å²) < 4.78 is 0. The first-order valence-corrected chi connectivity index (χ1v) is 11.8. The van der Waals surface area contributed by atoms with Crippen LogP contribution in [0, 0.1) is 0 Å². The Labute approximate surface area is 171 Å². The molecule has 3 nitrogen and oxygen atoms in total. The van der Waals surface area contributed by atoms with Gasteiger partial charge in [0.15, 0.2) is 5.78 Å². The van der Waals surface area contributed by atoms with Crippen molar-refractivity contribution in [3.63, 3.8) is 0 Å². The van der Waals surface area contributed by atoms with Crippen LogP contribution in [0.3, 0.4) is 0 Å². The highest BCUT2D eigenvalue weighted by Crippen LogP contribution is 2.49. The minimum absolute atomic E-state index is 0.0254. The molecule has 0 aromatic heterocycles. The number of hydrogen-bond donors (Lipinski definition) is 0. The molecule has 2 saturated heterocycles. The fraction of sp³-hybridized carbons (Fsp3) is 0.160. The lowest BCUT2D eigenvalue weighted by atomic mass is 10.1. The van der Waals surface area contributed by atoms with Crippen molar-refractivity contribution in [3.05, 3.63) is 91.0 Å². The quantitative estimate of drug-likeness (QED) is 0.635. The Bertz CT molecular complexity index is 996. The average Bonchev–Trinajstić information content (AvgIpc) is 3.36. The predicted molar refractivity (Wildman–Crippen MR) is 120 cm³/mol. The molecule has 0 spiro atoms. The van der Waals surface area contributed by atoms with E-state index in [-0.39, 0.29) is 17.7 Å². The zero-order valence-corrected chi connectivity index (χ0v) is 17.0. The molecule has 2 aliphatic heterocycles. The molecule has 0 aliphatic carbocycles. The van der Waals surface area contributed by atoms with Crippen molar-refractivity contribution in [2.45, 2.75) is 18.9 Å². The summed E-state index contributed by atoms with van der Waals surface area (Å²) >= 11 is 0. The van der Waals surface area contributed by atoms with Crippen molar-refractivity contribution >= 4 is 39.8 Å². The molecule has 1 unspecified atom stereocenters. The topological polar surface area (TPSA) is 37.4 Å². The Balaban J connectivity index is 1.98. The van der Waals surface area contributed by atoms with E-state index in [1.165, 1.54) is 0 Å². The maximum atomic E-state index is 13.7. The maximum Gasteiger partial charge on any atom is 0.259 e. The molecule has 0 radical (unpaired) electrons. The molecular formula is C25H22NO2P. The van der Waals surface area contributed by atoms with Crippen LogP contribution < -0.4 is 15.9 Å². The molecule has 144 valence electrons. The molecule has 2 fully saturated rings. The van der Waals surface area contributed by atoms with E-state index in [1.54, 1.807) is 4.90 Å². The highest BCUT2D eigenvalue weighted by atomic mass is 31.2. The summed E-state index contributed by atoms with van der Waals surface area (Å²) in [4.78, 5) is 29.2. The normalized spacial score (nSPS) is 19.0. The van der Waals surface area contributed by atoms with Gasteiger partial charge in [-0.05, 0) is 35.6 Å². The van der Waals surface area contributed by atoms with Gasteiger partial charge in [0.2, 0.25) is 0 Å². The van der Waals surface area contributed by atoms with Crippen LogP contribution in [0.4, 0.5) is 0 Å². The van der Waals surface area contributed by atoms with E-state index >= 15 is 0 Å². The van der Waals surface area contributed by atoms with Crippen molar-refractivity contribution < 1.29 is 9.59 Å². The zero-order chi connectivity index (χ0) is 19.8. The second-order valence-corrected chi connectivity index (χ2v) is 10.9. The van der Waals surface area contributed by atoms with E-state index in [4.69, 9.17) is 0 Å². The lowest BCUT2D eigenvalue weighted by molar-refractivity contribution is -0.124. The van der Waals surface area contributed by atoms with Crippen molar-refractivity contribution in [2.24, 2.45) is 0 Å². The van der Waals surface area contributed by atoms with Crippen molar-refractivity contribution in [3.8, 4) is 0 Å². The molecule has 1 amide bonds. The number of rotatable bonds is 3. The number of benzene rings is 3.